The van der Waals surface area contributed by atoms with Crippen molar-refractivity contribution >= 4 is 35.2 Å². The number of piperidine rings is 1. The largest absolute Gasteiger partial charge is 0.444 e. The van der Waals surface area contributed by atoms with Gasteiger partial charge in [0.15, 0.2) is 0 Å². The summed E-state index contributed by atoms with van der Waals surface area (Å²) in [7, 11) is 1.67. The van der Waals surface area contributed by atoms with Crippen molar-refractivity contribution in [2.24, 2.45) is 11.8 Å². The molecule has 2 saturated heterocycles. The summed E-state index contributed by atoms with van der Waals surface area (Å²) < 4.78 is 16.2. The van der Waals surface area contributed by atoms with E-state index in [4.69, 9.17) is 14.2 Å². The highest BCUT2D eigenvalue weighted by Crippen LogP contribution is 2.27. The molecule has 0 saturated carbocycles. The first kappa shape index (κ1) is 35.1. The Morgan fingerprint density at radius 2 is 1.70 bits per heavy atom. The maximum atomic E-state index is 13.8. The van der Waals surface area contributed by atoms with E-state index in [1.54, 1.807) is 44.9 Å². The van der Waals surface area contributed by atoms with Crippen molar-refractivity contribution in [1.29, 1.82) is 0 Å². The van der Waals surface area contributed by atoms with Gasteiger partial charge >= 0.3 is 17.9 Å². The van der Waals surface area contributed by atoms with Gasteiger partial charge in [0, 0.05) is 53.0 Å². The summed E-state index contributed by atoms with van der Waals surface area (Å²) in [4.78, 5) is 59.0. The van der Waals surface area contributed by atoms with E-state index in [0.29, 0.717) is 57.3 Å². The molecular weight excluding hydrogens is 566 g/mol. The van der Waals surface area contributed by atoms with Crippen molar-refractivity contribution in [3.8, 4) is 0 Å². The normalized spacial score (nSPS) is 19.0. The lowest BCUT2D eigenvalue weighted by Gasteiger charge is -2.43. The zero-order valence-corrected chi connectivity index (χ0v) is 27.2. The Morgan fingerprint density at radius 1 is 1.02 bits per heavy atom. The lowest BCUT2D eigenvalue weighted by molar-refractivity contribution is -0.149. The van der Waals surface area contributed by atoms with Gasteiger partial charge in [-0.15, -0.1) is 0 Å². The Morgan fingerprint density at radius 3 is 2.34 bits per heavy atom. The number of hydrogen-bond donors (Lipinski definition) is 2. The summed E-state index contributed by atoms with van der Waals surface area (Å²) in [6, 6.07) is 6.70. The number of likely N-dealkylation sites (tertiary alicyclic amines) is 1. The smallest absolute Gasteiger partial charge is 0.410 e. The second-order valence-electron chi connectivity index (χ2n) is 12.9. The van der Waals surface area contributed by atoms with Crippen LogP contribution in [0.1, 0.15) is 53.9 Å². The number of morpholine rings is 1. The standard InChI is InChI=1S/C32H51N5O7/c1-23(2)20-37(30(40)28(38)34-27-12-8-7-11-26(27)33-13-9-10-16-42-6)25-19-24(29(39)35-14-17-43-18-15-35)21-36(22-25)31(41)44-32(3,4)5/h7-8,11-12,23-25,33H,9-10,13-22H2,1-6H3,(H,34,38). The Hall–Kier alpha value is -3.38. The van der Waals surface area contributed by atoms with Crippen LogP contribution in [0.2, 0.25) is 0 Å². The van der Waals surface area contributed by atoms with E-state index >= 15 is 0 Å². The Balaban J connectivity index is 1.81. The molecule has 2 atom stereocenters. The van der Waals surface area contributed by atoms with Crippen LogP contribution in [0.25, 0.3) is 0 Å². The van der Waals surface area contributed by atoms with Gasteiger partial charge in [-0.2, -0.15) is 0 Å². The molecule has 0 radical (unpaired) electrons. The lowest BCUT2D eigenvalue weighted by atomic mass is 9.91. The second kappa shape index (κ2) is 16.6. The number of anilines is 2. The predicted molar refractivity (Wildman–Crippen MR) is 168 cm³/mol. The molecule has 2 N–H and O–H groups in total. The quantitative estimate of drug-likeness (QED) is 0.286. The van der Waals surface area contributed by atoms with Gasteiger partial charge in [-0.25, -0.2) is 4.79 Å². The van der Waals surface area contributed by atoms with E-state index in [1.807, 2.05) is 26.0 Å². The number of methoxy groups -OCH3 is 1. The molecule has 2 fully saturated rings. The molecule has 2 aliphatic heterocycles. The first-order chi connectivity index (χ1) is 20.9. The number of nitrogens with zero attached hydrogens (tertiary/aromatic N) is 3. The molecule has 4 amide bonds. The molecule has 1 aromatic carbocycles. The second-order valence-corrected chi connectivity index (χ2v) is 12.9. The first-order valence-corrected chi connectivity index (χ1v) is 15.7. The molecule has 2 aliphatic rings. The van der Waals surface area contributed by atoms with E-state index in [9.17, 15) is 19.2 Å². The van der Waals surface area contributed by atoms with E-state index in [2.05, 4.69) is 10.6 Å². The van der Waals surface area contributed by atoms with Gasteiger partial charge in [0.25, 0.3) is 0 Å². The lowest BCUT2D eigenvalue weighted by Crippen LogP contribution is -2.59. The molecule has 0 bridgehead atoms. The summed E-state index contributed by atoms with van der Waals surface area (Å²) >= 11 is 0. The summed E-state index contributed by atoms with van der Waals surface area (Å²) in [6.45, 7) is 13.1. The number of nitrogens with one attached hydrogen (secondary N) is 2. The van der Waals surface area contributed by atoms with Crippen LogP contribution in [0.5, 0.6) is 0 Å². The van der Waals surface area contributed by atoms with Gasteiger partial charge in [-0.05, 0) is 58.1 Å². The highest BCUT2D eigenvalue weighted by atomic mass is 16.6. The molecule has 1 aromatic rings. The fourth-order valence-electron chi connectivity index (χ4n) is 5.43. The van der Waals surface area contributed by atoms with Crippen LogP contribution >= 0.6 is 0 Å². The third-order valence-electron chi connectivity index (χ3n) is 7.48. The monoisotopic (exact) mass is 617 g/mol. The average Bonchev–Trinajstić information content (AvgIpc) is 2.99. The summed E-state index contributed by atoms with van der Waals surface area (Å²) in [5, 5.41) is 6.12. The number of hydrogen-bond acceptors (Lipinski definition) is 8. The van der Waals surface area contributed by atoms with Crippen molar-refractivity contribution in [2.45, 2.75) is 65.5 Å². The predicted octanol–water partition coefficient (Wildman–Crippen LogP) is 3.43. The number of rotatable bonds is 11. The molecule has 3 rings (SSSR count). The third kappa shape index (κ3) is 10.7. The third-order valence-corrected chi connectivity index (χ3v) is 7.48. The van der Waals surface area contributed by atoms with E-state index in [-0.39, 0.29) is 31.5 Å². The molecule has 44 heavy (non-hydrogen) atoms. The van der Waals surface area contributed by atoms with Gasteiger partial charge in [0.05, 0.1) is 36.5 Å². The molecule has 2 unspecified atom stereocenters. The Labute approximate surface area is 261 Å². The van der Waals surface area contributed by atoms with Gasteiger partial charge < -0.3 is 39.5 Å². The minimum atomic E-state index is -0.773. The summed E-state index contributed by atoms with van der Waals surface area (Å²) in [6.07, 6.45) is 1.57. The van der Waals surface area contributed by atoms with E-state index in [0.717, 1.165) is 12.8 Å². The molecule has 12 nitrogen and oxygen atoms in total. The average molecular weight is 618 g/mol. The number of unbranched alkanes of at least 4 members (excludes halogenated alkanes) is 1. The fourth-order valence-corrected chi connectivity index (χ4v) is 5.43. The van der Waals surface area contributed by atoms with E-state index in [1.165, 1.54) is 9.80 Å². The summed E-state index contributed by atoms with van der Waals surface area (Å²) in [5.74, 6) is -2.07. The van der Waals surface area contributed by atoms with Gasteiger partial charge in [0.1, 0.15) is 5.60 Å². The Bertz CT molecular complexity index is 1120. The molecule has 0 aromatic heterocycles. The molecule has 2 heterocycles. The SMILES string of the molecule is COCCCCNc1ccccc1NC(=O)C(=O)N(CC(C)C)C1CC(C(=O)N2CCOCC2)CN(C(=O)OC(C)(C)C)C1. The zero-order chi connectivity index (χ0) is 32.3. The van der Waals surface area contributed by atoms with Crippen molar-refractivity contribution in [2.75, 3.05) is 76.8 Å². The van der Waals surface area contributed by atoms with Crippen LogP contribution in [-0.2, 0) is 28.6 Å². The van der Waals surface area contributed by atoms with Crippen molar-refractivity contribution < 1.29 is 33.4 Å². The van der Waals surface area contributed by atoms with Crippen molar-refractivity contribution in [3.63, 3.8) is 0 Å². The van der Waals surface area contributed by atoms with Crippen LogP contribution in [-0.4, -0.2) is 116 Å². The summed E-state index contributed by atoms with van der Waals surface area (Å²) in [5.41, 5.74) is 0.486. The topological polar surface area (TPSA) is 130 Å². The molecular formula is C32H51N5O7. The number of ether oxygens (including phenoxy) is 3. The van der Waals surface area contributed by atoms with Gasteiger partial charge in [-0.1, -0.05) is 26.0 Å². The van der Waals surface area contributed by atoms with Crippen LogP contribution in [0.3, 0.4) is 0 Å². The fraction of sp³-hybridized carbons (Fsp3) is 0.688. The van der Waals surface area contributed by atoms with Crippen LogP contribution < -0.4 is 10.6 Å². The first-order valence-electron chi connectivity index (χ1n) is 15.7. The van der Waals surface area contributed by atoms with Crippen LogP contribution in [0.4, 0.5) is 16.2 Å². The number of benzene rings is 1. The van der Waals surface area contributed by atoms with Crippen molar-refractivity contribution in [1.82, 2.24) is 14.7 Å². The maximum absolute atomic E-state index is 13.8. The Kier molecular flexibility index (Phi) is 13.3. The molecule has 0 spiro atoms. The number of amides is 4. The minimum absolute atomic E-state index is 0.0399. The zero-order valence-electron chi connectivity index (χ0n) is 27.2. The molecule has 0 aliphatic carbocycles. The highest BCUT2D eigenvalue weighted by molar-refractivity contribution is 6.40. The van der Waals surface area contributed by atoms with Gasteiger partial charge in [-0.3, -0.25) is 14.4 Å². The maximum Gasteiger partial charge on any atom is 0.410 e. The minimum Gasteiger partial charge on any atom is -0.444 e. The van der Waals surface area contributed by atoms with Crippen molar-refractivity contribution in [3.05, 3.63) is 24.3 Å². The molecule has 246 valence electrons. The van der Waals surface area contributed by atoms with Crippen LogP contribution in [0.15, 0.2) is 24.3 Å². The molecule has 12 heteroatoms. The number of carbonyl (C=O) groups excluding carboxylic acids is 4. The van der Waals surface area contributed by atoms with Crippen LogP contribution in [0, 0.1) is 11.8 Å². The highest BCUT2D eigenvalue weighted by Gasteiger charge is 2.42. The number of carbonyl (C=O) groups is 4. The number of para-hydroxylation sites is 2. The van der Waals surface area contributed by atoms with Gasteiger partial charge in [0.2, 0.25) is 5.91 Å². The van der Waals surface area contributed by atoms with E-state index < -0.39 is 35.5 Å².